The SMILES string of the molecule is O=C(Nc1ccc2ccccc2c1)C1CCN(S(=O)(=O)Cc2c(Cl)cccc2Cl)CC1. The Kier molecular flexibility index (Phi) is 6.53. The molecule has 4 rings (SSSR count). The number of fused-ring (bicyclic) bond motifs is 1. The van der Waals surface area contributed by atoms with Crippen molar-refractivity contribution < 1.29 is 13.2 Å². The number of nitrogens with one attached hydrogen (secondary N) is 1. The number of amides is 1. The van der Waals surface area contributed by atoms with Crippen molar-refractivity contribution in [1.29, 1.82) is 0 Å². The number of rotatable bonds is 5. The van der Waals surface area contributed by atoms with Crippen LogP contribution in [0.2, 0.25) is 10.0 Å². The van der Waals surface area contributed by atoms with Crippen LogP contribution in [0, 0.1) is 5.92 Å². The van der Waals surface area contributed by atoms with Gasteiger partial charge in [-0.05, 0) is 47.9 Å². The molecule has 0 unspecified atom stereocenters. The first kappa shape index (κ1) is 22.1. The number of halogens is 2. The second-order valence-electron chi connectivity index (χ2n) is 7.68. The summed E-state index contributed by atoms with van der Waals surface area (Å²) in [7, 11) is -3.58. The molecule has 3 aromatic rings. The highest BCUT2D eigenvalue weighted by Crippen LogP contribution is 2.29. The molecule has 1 heterocycles. The number of carbonyl (C=O) groups excluding carboxylic acids is 1. The Morgan fingerprint density at radius 2 is 1.58 bits per heavy atom. The molecule has 8 heteroatoms. The molecule has 0 atom stereocenters. The van der Waals surface area contributed by atoms with Gasteiger partial charge in [0.15, 0.2) is 0 Å². The van der Waals surface area contributed by atoms with Crippen LogP contribution >= 0.6 is 23.2 Å². The molecular formula is C23H22Cl2N2O3S. The van der Waals surface area contributed by atoms with Gasteiger partial charge >= 0.3 is 0 Å². The van der Waals surface area contributed by atoms with E-state index in [1.807, 2.05) is 42.5 Å². The van der Waals surface area contributed by atoms with Crippen molar-refractivity contribution in [3.8, 4) is 0 Å². The van der Waals surface area contributed by atoms with Gasteiger partial charge in [0, 0.05) is 40.3 Å². The van der Waals surface area contributed by atoms with Crippen LogP contribution in [0.25, 0.3) is 10.8 Å². The number of carbonyl (C=O) groups is 1. The monoisotopic (exact) mass is 476 g/mol. The summed E-state index contributed by atoms with van der Waals surface area (Å²) in [6, 6.07) is 18.7. The third kappa shape index (κ3) is 5.04. The highest BCUT2D eigenvalue weighted by atomic mass is 35.5. The maximum Gasteiger partial charge on any atom is 0.227 e. The molecule has 31 heavy (non-hydrogen) atoms. The quantitative estimate of drug-likeness (QED) is 0.541. The Bertz CT molecular complexity index is 1200. The summed E-state index contributed by atoms with van der Waals surface area (Å²) in [6.45, 7) is 0.584. The Balaban J connectivity index is 1.37. The van der Waals surface area contributed by atoms with Gasteiger partial charge in [0.05, 0.1) is 5.75 Å². The molecule has 1 saturated heterocycles. The van der Waals surface area contributed by atoms with Crippen molar-refractivity contribution >= 4 is 55.6 Å². The number of piperidine rings is 1. The van der Waals surface area contributed by atoms with Crippen LogP contribution in [-0.2, 0) is 20.6 Å². The zero-order valence-electron chi connectivity index (χ0n) is 16.7. The van der Waals surface area contributed by atoms with E-state index >= 15 is 0 Å². The minimum absolute atomic E-state index is 0.0820. The number of anilines is 1. The van der Waals surface area contributed by atoms with Crippen LogP contribution < -0.4 is 5.32 Å². The molecule has 1 amide bonds. The van der Waals surface area contributed by atoms with E-state index in [1.54, 1.807) is 18.2 Å². The predicted octanol–water partition coefficient (Wildman–Crippen LogP) is 5.33. The van der Waals surface area contributed by atoms with E-state index in [4.69, 9.17) is 23.2 Å². The van der Waals surface area contributed by atoms with Crippen molar-refractivity contribution in [2.45, 2.75) is 18.6 Å². The molecule has 5 nitrogen and oxygen atoms in total. The Labute approximate surface area is 192 Å². The molecule has 1 aliphatic heterocycles. The lowest BCUT2D eigenvalue weighted by Gasteiger charge is -2.30. The summed E-state index contributed by atoms with van der Waals surface area (Å²) in [5.74, 6) is -0.567. The highest BCUT2D eigenvalue weighted by molar-refractivity contribution is 7.88. The topological polar surface area (TPSA) is 66.5 Å². The second kappa shape index (κ2) is 9.17. The summed E-state index contributed by atoms with van der Waals surface area (Å²) in [4.78, 5) is 12.7. The number of nitrogens with zero attached hydrogens (tertiary/aromatic N) is 1. The summed E-state index contributed by atoms with van der Waals surface area (Å²) in [5, 5.41) is 5.80. The van der Waals surface area contributed by atoms with E-state index in [1.165, 1.54) is 4.31 Å². The van der Waals surface area contributed by atoms with Gasteiger partial charge in [-0.2, -0.15) is 0 Å². The van der Waals surface area contributed by atoms with Gasteiger partial charge in [0.25, 0.3) is 0 Å². The van der Waals surface area contributed by atoms with Crippen molar-refractivity contribution in [1.82, 2.24) is 4.31 Å². The number of hydrogen-bond acceptors (Lipinski definition) is 3. The van der Waals surface area contributed by atoms with Gasteiger partial charge in [-0.15, -0.1) is 0 Å². The van der Waals surface area contributed by atoms with Crippen LogP contribution in [0.5, 0.6) is 0 Å². The smallest absolute Gasteiger partial charge is 0.227 e. The lowest BCUT2D eigenvalue weighted by atomic mass is 9.97. The Hall–Kier alpha value is -2.12. The molecule has 3 aromatic carbocycles. The summed E-state index contributed by atoms with van der Waals surface area (Å²) in [6.07, 6.45) is 0.934. The van der Waals surface area contributed by atoms with Crippen LogP contribution in [0.4, 0.5) is 5.69 Å². The van der Waals surface area contributed by atoms with Crippen LogP contribution in [0.15, 0.2) is 60.7 Å². The molecule has 0 aromatic heterocycles. The molecule has 1 N–H and O–H groups in total. The van der Waals surface area contributed by atoms with Crippen LogP contribution in [-0.4, -0.2) is 31.7 Å². The summed E-state index contributed by atoms with van der Waals surface area (Å²) < 4.78 is 27.1. The number of benzene rings is 3. The molecule has 0 saturated carbocycles. The fourth-order valence-corrected chi connectivity index (χ4v) is 6.17. The first-order valence-corrected chi connectivity index (χ1v) is 12.4. The third-order valence-electron chi connectivity index (χ3n) is 5.62. The van der Waals surface area contributed by atoms with E-state index in [2.05, 4.69) is 5.32 Å². The summed E-state index contributed by atoms with van der Waals surface area (Å²) >= 11 is 12.3. The van der Waals surface area contributed by atoms with Crippen molar-refractivity contribution in [2.24, 2.45) is 5.92 Å². The van der Waals surface area contributed by atoms with Gasteiger partial charge in [-0.3, -0.25) is 4.79 Å². The lowest BCUT2D eigenvalue weighted by molar-refractivity contribution is -0.120. The van der Waals surface area contributed by atoms with Gasteiger partial charge in [0.2, 0.25) is 15.9 Å². The molecule has 0 aliphatic carbocycles. The molecule has 0 bridgehead atoms. The molecule has 162 valence electrons. The molecule has 1 aliphatic rings. The van der Waals surface area contributed by atoms with Gasteiger partial charge in [-0.25, -0.2) is 12.7 Å². The molecule has 0 spiro atoms. The number of hydrogen-bond donors (Lipinski definition) is 1. The van der Waals surface area contributed by atoms with Gasteiger partial charge in [-0.1, -0.05) is 59.6 Å². The fraction of sp³-hybridized carbons (Fsp3) is 0.261. The van der Waals surface area contributed by atoms with E-state index in [9.17, 15) is 13.2 Å². The highest BCUT2D eigenvalue weighted by Gasteiger charge is 2.32. The zero-order chi connectivity index (χ0) is 22.0. The van der Waals surface area contributed by atoms with E-state index < -0.39 is 10.0 Å². The minimum Gasteiger partial charge on any atom is -0.326 e. The Morgan fingerprint density at radius 3 is 2.26 bits per heavy atom. The average Bonchev–Trinajstić information content (AvgIpc) is 2.76. The molecule has 1 fully saturated rings. The number of sulfonamides is 1. The first-order valence-electron chi connectivity index (χ1n) is 10.0. The first-order chi connectivity index (χ1) is 14.8. The fourth-order valence-electron chi connectivity index (χ4n) is 3.85. The standard InChI is InChI=1S/C23H22Cl2N2O3S/c24-21-6-3-7-22(25)20(21)15-31(29,30)27-12-10-17(11-13-27)23(28)26-19-9-8-16-4-1-2-5-18(16)14-19/h1-9,14,17H,10-13,15H2,(H,26,28). The van der Waals surface area contributed by atoms with Crippen molar-refractivity contribution in [3.05, 3.63) is 76.3 Å². The normalized spacial score (nSPS) is 15.8. The Morgan fingerprint density at radius 1 is 0.935 bits per heavy atom. The average molecular weight is 477 g/mol. The van der Waals surface area contributed by atoms with Gasteiger partial charge < -0.3 is 5.32 Å². The lowest BCUT2D eigenvalue weighted by Crippen LogP contribution is -2.41. The summed E-state index contributed by atoms with van der Waals surface area (Å²) in [5.41, 5.74) is 1.15. The molecular weight excluding hydrogens is 455 g/mol. The maximum atomic E-state index is 12.9. The second-order valence-corrected chi connectivity index (χ2v) is 10.5. The van der Waals surface area contributed by atoms with E-state index in [0.29, 0.717) is 41.5 Å². The largest absolute Gasteiger partial charge is 0.326 e. The third-order valence-corrected chi connectivity index (χ3v) is 8.14. The van der Waals surface area contributed by atoms with Gasteiger partial charge in [0.1, 0.15) is 0 Å². The minimum atomic E-state index is -3.58. The zero-order valence-corrected chi connectivity index (χ0v) is 19.1. The van der Waals surface area contributed by atoms with Crippen molar-refractivity contribution in [2.75, 3.05) is 18.4 Å². The van der Waals surface area contributed by atoms with Crippen LogP contribution in [0.3, 0.4) is 0 Å². The van der Waals surface area contributed by atoms with Crippen LogP contribution in [0.1, 0.15) is 18.4 Å². The van der Waals surface area contributed by atoms with E-state index in [0.717, 1.165) is 16.5 Å². The van der Waals surface area contributed by atoms with Crippen molar-refractivity contribution in [3.63, 3.8) is 0 Å². The maximum absolute atomic E-state index is 12.9. The molecule has 0 radical (unpaired) electrons. The predicted molar refractivity (Wildman–Crippen MR) is 126 cm³/mol. The van der Waals surface area contributed by atoms with E-state index in [-0.39, 0.29) is 17.6 Å².